The van der Waals surface area contributed by atoms with E-state index in [1.165, 1.54) is 0 Å². The molecule has 0 aromatic rings. The van der Waals surface area contributed by atoms with E-state index in [0.29, 0.717) is 12.1 Å². The van der Waals surface area contributed by atoms with Crippen LogP contribution < -0.4 is 5.73 Å². The molecular weight excluding hydrogens is 186 g/mol. The summed E-state index contributed by atoms with van der Waals surface area (Å²) in [5.74, 6) is 0.733. The van der Waals surface area contributed by atoms with Crippen molar-refractivity contribution in [2.45, 2.75) is 65.5 Å². The number of hydrogen-bond donors (Lipinski definition) is 1. The van der Waals surface area contributed by atoms with Crippen molar-refractivity contribution in [2.24, 2.45) is 17.1 Å². The summed E-state index contributed by atoms with van der Waals surface area (Å²) in [5.41, 5.74) is 6.40. The number of hydrogen-bond acceptors (Lipinski definition) is 2. The molecular formula is C13H27NO. The number of rotatable bonds is 6. The zero-order valence-corrected chi connectivity index (χ0v) is 10.8. The molecule has 1 aliphatic carbocycles. The Morgan fingerprint density at radius 2 is 1.93 bits per heavy atom. The van der Waals surface area contributed by atoms with E-state index in [1.807, 2.05) is 0 Å². The molecule has 2 atom stereocenters. The first-order chi connectivity index (χ1) is 7.06. The Hall–Kier alpha value is -0.0800. The average Bonchev–Trinajstić information content (AvgIpc) is 2.18. The van der Waals surface area contributed by atoms with Gasteiger partial charge < -0.3 is 10.5 Å². The van der Waals surface area contributed by atoms with Crippen LogP contribution in [0.3, 0.4) is 0 Å². The Morgan fingerprint density at radius 1 is 1.33 bits per heavy atom. The predicted molar refractivity (Wildman–Crippen MR) is 64.8 cm³/mol. The van der Waals surface area contributed by atoms with Gasteiger partial charge in [0.1, 0.15) is 0 Å². The van der Waals surface area contributed by atoms with Gasteiger partial charge in [-0.3, -0.25) is 0 Å². The van der Waals surface area contributed by atoms with Crippen molar-refractivity contribution >= 4 is 0 Å². The maximum atomic E-state index is 6.12. The highest BCUT2D eigenvalue weighted by Crippen LogP contribution is 2.47. The first kappa shape index (κ1) is 13.0. The summed E-state index contributed by atoms with van der Waals surface area (Å²) in [6.45, 7) is 9.85. The van der Waals surface area contributed by atoms with E-state index in [1.54, 1.807) is 0 Å². The summed E-state index contributed by atoms with van der Waals surface area (Å²) in [7, 11) is 0. The summed E-state index contributed by atoms with van der Waals surface area (Å²) in [6, 6.07) is 0.358. The lowest BCUT2D eigenvalue weighted by Crippen LogP contribution is -2.61. The molecule has 1 fully saturated rings. The Bertz CT molecular complexity index is 187. The molecule has 1 aliphatic rings. The van der Waals surface area contributed by atoms with Crippen molar-refractivity contribution < 1.29 is 4.74 Å². The monoisotopic (exact) mass is 213 g/mol. The van der Waals surface area contributed by atoms with E-state index in [4.69, 9.17) is 10.5 Å². The van der Waals surface area contributed by atoms with E-state index in [0.717, 1.165) is 38.2 Å². The second-order valence-electron chi connectivity index (χ2n) is 5.32. The summed E-state index contributed by atoms with van der Waals surface area (Å²) in [6.07, 6.45) is 4.93. The lowest BCUT2D eigenvalue weighted by atomic mass is 9.59. The minimum absolute atomic E-state index is 0.275. The van der Waals surface area contributed by atoms with Gasteiger partial charge in [0, 0.05) is 18.1 Å². The molecule has 0 saturated heterocycles. The van der Waals surface area contributed by atoms with Crippen LogP contribution in [-0.4, -0.2) is 18.8 Å². The van der Waals surface area contributed by atoms with Crippen molar-refractivity contribution in [2.75, 3.05) is 6.61 Å². The standard InChI is InChI=1S/C13H27NO/c1-5-13(6-2)11(14)9-12(13)15-8-7-10(3)4/h10-12H,5-9,14H2,1-4H3. The largest absolute Gasteiger partial charge is 0.378 e. The van der Waals surface area contributed by atoms with Gasteiger partial charge in [-0.25, -0.2) is 0 Å². The summed E-state index contributed by atoms with van der Waals surface area (Å²) in [4.78, 5) is 0. The van der Waals surface area contributed by atoms with E-state index >= 15 is 0 Å². The Morgan fingerprint density at radius 3 is 2.33 bits per heavy atom. The molecule has 2 nitrogen and oxygen atoms in total. The fourth-order valence-electron chi connectivity index (χ4n) is 2.69. The Labute approximate surface area is 94.6 Å². The molecule has 0 aliphatic heterocycles. The lowest BCUT2D eigenvalue weighted by molar-refractivity contribution is -0.132. The molecule has 2 unspecified atom stereocenters. The maximum absolute atomic E-state index is 6.12. The maximum Gasteiger partial charge on any atom is 0.0660 e. The molecule has 2 N–H and O–H groups in total. The summed E-state index contributed by atoms with van der Waals surface area (Å²) >= 11 is 0. The molecule has 0 bridgehead atoms. The summed E-state index contributed by atoms with van der Waals surface area (Å²) in [5, 5.41) is 0. The van der Waals surface area contributed by atoms with Gasteiger partial charge in [0.2, 0.25) is 0 Å². The van der Waals surface area contributed by atoms with Crippen LogP contribution in [0.4, 0.5) is 0 Å². The third-order valence-corrected chi connectivity index (χ3v) is 4.18. The smallest absolute Gasteiger partial charge is 0.0660 e. The fourth-order valence-corrected chi connectivity index (χ4v) is 2.69. The lowest BCUT2D eigenvalue weighted by Gasteiger charge is -2.53. The van der Waals surface area contributed by atoms with Gasteiger partial charge in [0.25, 0.3) is 0 Å². The molecule has 0 amide bonds. The Balaban J connectivity index is 2.36. The Kier molecular flexibility index (Phi) is 4.60. The molecule has 0 radical (unpaired) electrons. The predicted octanol–water partition coefficient (Wildman–Crippen LogP) is 2.96. The zero-order valence-electron chi connectivity index (χ0n) is 10.8. The second kappa shape index (κ2) is 5.31. The van der Waals surface area contributed by atoms with Crippen molar-refractivity contribution in [3.8, 4) is 0 Å². The first-order valence-corrected chi connectivity index (χ1v) is 6.44. The molecule has 15 heavy (non-hydrogen) atoms. The molecule has 0 heterocycles. The van der Waals surface area contributed by atoms with Crippen molar-refractivity contribution in [3.63, 3.8) is 0 Å². The van der Waals surface area contributed by atoms with Gasteiger partial charge in [-0.1, -0.05) is 27.7 Å². The van der Waals surface area contributed by atoms with Crippen LogP contribution in [-0.2, 0) is 4.74 Å². The van der Waals surface area contributed by atoms with Crippen LogP contribution in [0.5, 0.6) is 0 Å². The average molecular weight is 213 g/mol. The van der Waals surface area contributed by atoms with Gasteiger partial charge in [0.15, 0.2) is 0 Å². The van der Waals surface area contributed by atoms with Crippen molar-refractivity contribution in [1.29, 1.82) is 0 Å². The molecule has 90 valence electrons. The van der Waals surface area contributed by atoms with E-state index in [9.17, 15) is 0 Å². The quantitative estimate of drug-likeness (QED) is 0.736. The number of nitrogens with two attached hydrogens (primary N) is 1. The van der Waals surface area contributed by atoms with Crippen LogP contribution >= 0.6 is 0 Å². The van der Waals surface area contributed by atoms with Crippen LogP contribution in [0.25, 0.3) is 0 Å². The van der Waals surface area contributed by atoms with Crippen molar-refractivity contribution in [3.05, 3.63) is 0 Å². The molecule has 0 spiro atoms. The van der Waals surface area contributed by atoms with Crippen LogP contribution in [0, 0.1) is 11.3 Å². The third-order valence-electron chi connectivity index (χ3n) is 4.18. The topological polar surface area (TPSA) is 35.2 Å². The van der Waals surface area contributed by atoms with Crippen LogP contribution in [0.2, 0.25) is 0 Å². The van der Waals surface area contributed by atoms with Gasteiger partial charge in [-0.2, -0.15) is 0 Å². The fraction of sp³-hybridized carbons (Fsp3) is 1.00. The highest BCUT2D eigenvalue weighted by molar-refractivity contribution is 5.05. The molecule has 2 heteroatoms. The second-order valence-corrected chi connectivity index (χ2v) is 5.32. The van der Waals surface area contributed by atoms with Crippen LogP contribution in [0.15, 0.2) is 0 Å². The first-order valence-electron chi connectivity index (χ1n) is 6.44. The number of ether oxygens (including phenoxy) is 1. The highest BCUT2D eigenvalue weighted by atomic mass is 16.5. The molecule has 0 aromatic carbocycles. The van der Waals surface area contributed by atoms with E-state index in [-0.39, 0.29) is 5.41 Å². The minimum Gasteiger partial charge on any atom is -0.378 e. The summed E-state index contributed by atoms with van der Waals surface area (Å²) < 4.78 is 5.98. The van der Waals surface area contributed by atoms with Crippen molar-refractivity contribution in [1.82, 2.24) is 0 Å². The normalized spacial score (nSPS) is 29.2. The molecule has 1 saturated carbocycles. The van der Waals surface area contributed by atoms with Gasteiger partial charge in [-0.15, -0.1) is 0 Å². The van der Waals surface area contributed by atoms with Gasteiger partial charge in [-0.05, 0) is 31.6 Å². The third kappa shape index (κ3) is 2.54. The van der Waals surface area contributed by atoms with E-state index < -0.39 is 0 Å². The van der Waals surface area contributed by atoms with Gasteiger partial charge >= 0.3 is 0 Å². The molecule has 0 aromatic heterocycles. The SMILES string of the molecule is CCC1(CC)C(N)CC1OCCC(C)C. The highest BCUT2D eigenvalue weighted by Gasteiger charge is 2.51. The van der Waals surface area contributed by atoms with Gasteiger partial charge in [0.05, 0.1) is 6.10 Å². The zero-order chi connectivity index (χ0) is 11.5. The molecule has 1 rings (SSSR count). The minimum atomic E-state index is 0.275. The van der Waals surface area contributed by atoms with Crippen LogP contribution in [0.1, 0.15) is 53.4 Å². The van der Waals surface area contributed by atoms with E-state index in [2.05, 4.69) is 27.7 Å².